The Morgan fingerprint density at radius 3 is 2.69 bits per heavy atom. The highest BCUT2D eigenvalue weighted by molar-refractivity contribution is 7.14. The van der Waals surface area contributed by atoms with Gasteiger partial charge in [-0.15, -0.1) is 11.3 Å². The number of hydrogen-bond acceptors (Lipinski definition) is 4. The fraction of sp³-hybridized carbons (Fsp3) is 0.429. The molecule has 1 aliphatic carbocycles. The maximum atomic E-state index is 12.6. The first kappa shape index (κ1) is 18.6. The molecule has 3 rings (SSSR count). The summed E-state index contributed by atoms with van der Waals surface area (Å²) in [6.45, 7) is 5.88. The van der Waals surface area contributed by atoms with Crippen LogP contribution in [0.5, 0.6) is 0 Å². The van der Waals surface area contributed by atoms with E-state index in [4.69, 9.17) is 4.74 Å². The molecule has 0 aliphatic heterocycles. The number of aryl methyl sites for hydroxylation is 1. The van der Waals surface area contributed by atoms with Crippen LogP contribution in [0.2, 0.25) is 0 Å². The van der Waals surface area contributed by atoms with E-state index >= 15 is 0 Å². The Labute approximate surface area is 158 Å². The van der Waals surface area contributed by atoms with Crippen LogP contribution >= 0.6 is 11.3 Å². The van der Waals surface area contributed by atoms with Gasteiger partial charge in [0.15, 0.2) is 6.61 Å². The second-order valence-electron chi connectivity index (χ2n) is 7.18. The zero-order valence-electron chi connectivity index (χ0n) is 15.5. The van der Waals surface area contributed by atoms with Gasteiger partial charge in [0.2, 0.25) is 0 Å². The maximum absolute atomic E-state index is 12.6. The van der Waals surface area contributed by atoms with E-state index in [0.717, 1.165) is 18.5 Å². The number of rotatable bonds is 5. The van der Waals surface area contributed by atoms with Gasteiger partial charge in [0, 0.05) is 16.6 Å². The molecule has 0 fully saturated rings. The fourth-order valence-corrected chi connectivity index (χ4v) is 4.50. The first-order valence-electron chi connectivity index (χ1n) is 9.11. The first-order chi connectivity index (χ1) is 12.5. The molecule has 0 saturated carbocycles. The normalized spacial score (nSPS) is 16.2. The van der Waals surface area contributed by atoms with Gasteiger partial charge in [0.25, 0.3) is 5.91 Å². The lowest BCUT2D eigenvalue weighted by Gasteiger charge is -2.26. The molecule has 0 saturated heterocycles. The number of hydrogen-bond donors (Lipinski definition) is 0. The Morgan fingerprint density at radius 2 is 2.00 bits per heavy atom. The highest BCUT2D eigenvalue weighted by atomic mass is 32.1. The lowest BCUT2D eigenvalue weighted by molar-refractivity contribution is -0.122. The maximum Gasteiger partial charge on any atom is 0.348 e. The molecule has 1 aromatic carbocycles. The molecule has 0 spiro atoms. The summed E-state index contributed by atoms with van der Waals surface area (Å²) in [6, 6.07) is 11.4. The lowest BCUT2D eigenvalue weighted by Crippen LogP contribution is -2.39. The quantitative estimate of drug-likeness (QED) is 0.729. The molecular formula is C21H25NO3S. The van der Waals surface area contributed by atoms with Crippen molar-refractivity contribution in [3.63, 3.8) is 0 Å². The topological polar surface area (TPSA) is 46.6 Å². The summed E-state index contributed by atoms with van der Waals surface area (Å²) in [5.41, 5.74) is 2.07. The van der Waals surface area contributed by atoms with Crippen LogP contribution in [0, 0.1) is 5.92 Å². The van der Waals surface area contributed by atoms with Gasteiger partial charge in [0.1, 0.15) is 4.88 Å². The van der Waals surface area contributed by atoms with Gasteiger partial charge in [-0.2, -0.15) is 0 Å². The number of amides is 1. The van der Waals surface area contributed by atoms with Gasteiger partial charge in [0.05, 0.1) is 0 Å². The number of carbonyl (C=O) groups is 2. The number of ether oxygens (including phenoxy) is 1. The number of thiophene rings is 1. The largest absolute Gasteiger partial charge is 0.451 e. The summed E-state index contributed by atoms with van der Waals surface area (Å²) in [7, 11) is 0. The van der Waals surface area contributed by atoms with Crippen molar-refractivity contribution < 1.29 is 14.3 Å². The number of fused-ring (bicyclic) bond motifs is 1. The molecule has 1 heterocycles. The van der Waals surface area contributed by atoms with Crippen LogP contribution in [-0.2, 0) is 22.4 Å². The standard InChI is InChI=1S/C21H25NO3S/c1-14(2)22(17-7-5-4-6-8-17)20(23)13-25-21(24)19-12-16-11-15(3)9-10-18(16)26-19/h4-8,12,14-15H,9-11,13H2,1-3H3/t15-/m0/s1. The minimum Gasteiger partial charge on any atom is -0.451 e. The summed E-state index contributed by atoms with van der Waals surface area (Å²) in [5, 5.41) is 0. The van der Waals surface area contributed by atoms with Gasteiger partial charge in [-0.3, -0.25) is 4.79 Å². The van der Waals surface area contributed by atoms with Crippen molar-refractivity contribution in [2.24, 2.45) is 5.92 Å². The van der Waals surface area contributed by atoms with Gasteiger partial charge < -0.3 is 9.64 Å². The van der Waals surface area contributed by atoms with E-state index in [1.807, 2.05) is 50.2 Å². The molecule has 26 heavy (non-hydrogen) atoms. The number of anilines is 1. The van der Waals surface area contributed by atoms with Crippen molar-refractivity contribution in [2.45, 2.75) is 46.1 Å². The molecule has 0 unspecified atom stereocenters. The van der Waals surface area contributed by atoms with Crippen LogP contribution in [0.25, 0.3) is 0 Å². The predicted molar refractivity (Wildman–Crippen MR) is 105 cm³/mol. The SMILES string of the molecule is CC(C)N(C(=O)COC(=O)c1cc2c(s1)CC[C@H](C)C2)c1ccccc1. The van der Waals surface area contributed by atoms with Crippen molar-refractivity contribution in [2.75, 3.05) is 11.5 Å². The fourth-order valence-electron chi connectivity index (χ4n) is 3.39. The van der Waals surface area contributed by atoms with E-state index in [9.17, 15) is 9.59 Å². The minimum absolute atomic E-state index is 0.0147. The smallest absolute Gasteiger partial charge is 0.348 e. The Kier molecular flexibility index (Phi) is 5.77. The molecule has 0 radical (unpaired) electrons. The summed E-state index contributed by atoms with van der Waals surface area (Å²) >= 11 is 1.51. The molecule has 1 amide bonds. The Hall–Kier alpha value is -2.14. The Bertz CT molecular complexity index is 782. The number of benzene rings is 1. The van der Waals surface area contributed by atoms with Crippen molar-refractivity contribution in [1.82, 2.24) is 0 Å². The third kappa shape index (κ3) is 4.15. The van der Waals surface area contributed by atoms with Gasteiger partial charge in [-0.1, -0.05) is 25.1 Å². The molecule has 0 bridgehead atoms. The molecule has 0 N–H and O–H groups in total. The molecule has 2 aromatic rings. The van der Waals surface area contributed by atoms with Crippen LogP contribution in [-0.4, -0.2) is 24.5 Å². The first-order valence-corrected chi connectivity index (χ1v) is 9.93. The highest BCUT2D eigenvalue weighted by Crippen LogP contribution is 2.32. The number of para-hydroxylation sites is 1. The Morgan fingerprint density at radius 1 is 1.27 bits per heavy atom. The monoisotopic (exact) mass is 371 g/mol. The zero-order chi connectivity index (χ0) is 18.7. The van der Waals surface area contributed by atoms with E-state index in [2.05, 4.69) is 6.92 Å². The van der Waals surface area contributed by atoms with Crippen molar-refractivity contribution in [1.29, 1.82) is 0 Å². The second kappa shape index (κ2) is 8.04. The molecule has 4 nitrogen and oxygen atoms in total. The number of nitrogens with zero attached hydrogens (tertiary/aromatic N) is 1. The van der Waals surface area contributed by atoms with E-state index < -0.39 is 5.97 Å². The highest BCUT2D eigenvalue weighted by Gasteiger charge is 2.24. The predicted octanol–water partition coefficient (Wildman–Crippen LogP) is 4.47. The van der Waals surface area contributed by atoms with Crippen molar-refractivity contribution >= 4 is 28.9 Å². The second-order valence-corrected chi connectivity index (χ2v) is 8.31. The average Bonchev–Trinajstić information content (AvgIpc) is 3.03. The summed E-state index contributed by atoms with van der Waals surface area (Å²) in [5.74, 6) is 0.0460. The molecular weight excluding hydrogens is 346 g/mol. The third-order valence-electron chi connectivity index (χ3n) is 4.68. The Balaban J connectivity index is 1.64. The summed E-state index contributed by atoms with van der Waals surface area (Å²) < 4.78 is 5.33. The van der Waals surface area contributed by atoms with Crippen LogP contribution in [0.3, 0.4) is 0 Å². The average molecular weight is 372 g/mol. The van der Waals surface area contributed by atoms with E-state index in [0.29, 0.717) is 10.8 Å². The number of esters is 1. The van der Waals surface area contributed by atoms with E-state index in [-0.39, 0.29) is 18.6 Å². The summed E-state index contributed by atoms with van der Waals surface area (Å²) in [4.78, 5) is 28.6. The minimum atomic E-state index is -0.401. The molecule has 1 aromatic heterocycles. The molecule has 138 valence electrons. The van der Waals surface area contributed by atoms with E-state index in [1.54, 1.807) is 4.90 Å². The molecule has 5 heteroatoms. The van der Waals surface area contributed by atoms with E-state index in [1.165, 1.54) is 28.2 Å². The number of carbonyl (C=O) groups excluding carboxylic acids is 2. The van der Waals surface area contributed by atoms with Crippen LogP contribution in [0.1, 0.15) is 47.3 Å². The van der Waals surface area contributed by atoms with Gasteiger partial charge in [-0.05, 0) is 62.8 Å². The van der Waals surface area contributed by atoms with Crippen LogP contribution < -0.4 is 4.90 Å². The lowest BCUT2D eigenvalue weighted by atomic mass is 9.90. The molecule has 1 atom stereocenters. The van der Waals surface area contributed by atoms with Gasteiger partial charge >= 0.3 is 5.97 Å². The van der Waals surface area contributed by atoms with Crippen molar-refractivity contribution in [3.05, 3.63) is 51.7 Å². The van der Waals surface area contributed by atoms with Crippen molar-refractivity contribution in [3.8, 4) is 0 Å². The van der Waals surface area contributed by atoms with Crippen LogP contribution in [0.15, 0.2) is 36.4 Å². The molecule has 1 aliphatic rings. The van der Waals surface area contributed by atoms with Gasteiger partial charge in [-0.25, -0.2) is 4.79 Å². The summed E-state index contributed by atoms with van der Waals surface area (Å²) in [6.07, 6.45) is 3.22. The van der Waals surface area contributed by atoms with Crippen LogP contribution in [0.4, 0.5) is 5.69 Å². The zero-order valence-corrected chi connectivity index (χ0v) is 16.3. The third-order valence-corrected chi connectivity index (χ3v) is 5.89.